The zero-order valence-electron chi connectivity index (χ0n) is 25.6. The van der Waals surface area contributed by atoms with Crippen LogP contribution in [0, 0.1) is 17.2 Å². The van der Waals surface area contributed by atoms with Gasteiger partial charge >= 0.3 is 6.09 Å². The Balaban J connectivity index is 1.43. The number of carbonyl (C=O) groups excluding carboxylic acids is 2. The minimum Gasteiger partial charge on any atom is -0.453 e. The molecule has 1 spiro atoms. The van der Waals surface area contributed by atoms with Crippen LogP contribution in [0.3, 0.4) is 0 Å². The lowest BCUT2D eigenvalue weighted by atomic mass is 9.76. The molecular formula is C30H44FN7O4. The highest BCUT2D eigenvalue weighted by Gasteiger charge is 2.50. The van der Waals surface area contributed by atoms with Crippen LogP contribution in [0.25, 0.3) is 0 Å². The van der Waals surface area contributed by atoms with E-state index in [0.717, 1.165) is 45.4 Å². The number of halogens is 1. The minimum absolute atomic E-state index is 0.0537. The summed E-state index contributed by atoms with van der Waals surface area (Å²) < 4.78 is 25.1. The molecule has 1 N–H and O–H groups in total. The fourth-order valence-corrected chi connectivity index (χ4v) is 6.24. The van der Waals surface area contributed by atoms with Crippen LogP contribution >= 0.6 is 0 Å². The smallest absolute Gasteiger partial charge is 0.406 e. The molecule has 0 radical (unpaired) electrons. The Labute approximate surface area is 247 Å². The lowest BCUT2D eigenvalue weighted by molar-refractivity contribution is -0.0338. The van der Waals surface area contributed by atoms with E-state index >= 15 is 0 Å². The maximum Gasteiger partial charge on any atom is 0.406 e. The molecule has 2 saturated heterocycles. The molecule has 1 aromatic carbocycles. The van der Waals surface area contributed by atoms with Crippen LogP contribution in [0.15, 0.2) is 24.5 Å². The fourth-order valence-electron chi connectivity index (χ4n) is 6.24. The maximum absolute atomic E-state index is 14.2. The molecule has 42 heavy (non-hydrogen) atoms. The van der Waals surface area contributed by atoms with Crippen molar-refractivity contribution in [1.82, 2.24) is 30.3 Å². The lowest BCUT2D eigenvalue weighted by Gasteiger charge is -2.53. The Morgan fingerprint density at radius 1 is 1.19 bits per heavy atom. The van der Waals surface area contributed by atoms with Crippen LogP contribution in [0.2, 0.25) is 0 Å². The number of aromatic nitrogens is 3. The van der Waals surface area contributed by atoms with Crippen LogP contribution < -0.4 is 15.0 Å². The summed E-state index contributed by atoms with van der Waals surface area (Å²) in [6, 6.07) is 4.31. The predicted molar refractivity (Wildman–Crippen MR) is 157 cm³/mol. The quantitative estimate of drug-likeness (QED) is 0.363. The summed E-state index contributed by atoms with van der Waals surface area (Å²) in [5, 5.41) is 10.9. The number of hydrogen-bond donors (Lipinski definition) is 1. The lowest BCUT2D eigenvalue weighted by Crippen LogP contribution is -2.62. The molecule has 2 aliphatic heterocycles. The number of ether oxygens (including phenoxy) is 2. The second-order valence-electron chi connectivity index (χ2n) is 12.0. The summed E-state index contributed by atoms with van der Waals surface area (Å²) >= 11 is 0. The third-order valence-corrected chi connectivity index (χ3v) is 8.36. The van der Waals surface area contributed by atoms with E-state index in [1.165, 1.54) is 31.6 Å². The van der Waals surface area contributed by atoms with E-state index in [-0.39, 0.29) is 34.6 Å². The molecule has 0 unspecified atom stereocenters. The van der Waals surface area contributed by atoms with Crippen molar-refractivity contribution in [2.24, 2.45) is 11.3 Å². The minimum atomic E-state index is -0.515. The van der Waals surface area contributed by atoms with E-state index in [9.17, 15) is 14.0 Å². The fraction of sp³-hybridized carbons (Fsp3) is 0.633. The summed E-state index contributed by atoms with van der Waals surface area (Å²) in [6.45, 7) is 14.9. The standard InChI is InChI=1S/C30H44FN7O4/c1-7-38(21(4)5)28(39)23-15-22(31)10-11-25(23)42-27-26(33-19-34-35-27)36-14-12-30(16-36)17-37(18-30)24(20(2)3)9-8-13-32-29(40)41-6/h10-11,15,19-21,24H,7-9,12-14,16-18H2,1-6H3,(H,32,40)/t24-/m1/s1. The zero-order chi connectivity index (χ0) is 30.4. The van der Waals surface area contributed by atoms with Crippen molar-refractivity contribution in [3.05, 3.63) is 35.9 Å². The number of amides is 2. The van der Waals surface area contributed by atoms with Gasteiger partial charge in [0.25, 0.3) is 11.8 Å². The van der Waals surface area contributed by atoms with Gasteiger partial charge in [0.15, 0.2) is 5.82 Å². The molecule has 4 rings (SSSR count). The van der Waals surface area contributed by atoms with E-state index in [2.05, 4.69) is 48.9 Å². The molecule has 2 aromatic rings. The average molecular weight is 586 g/mol. The Kier molecular flexibility index (Phi) is 10.2. The van der Waals surface area contributed by atoms with Crippen LogP contribution in [-0.2, 0) is 4.74 Å². The highest BCUT2D eigenvalue weighted by atomic mass is 19.1. The molecule has 11 nitrogen and oxygen atoms in total. The second-order valence-corrected chi connectivity index (χ2v) is 12.0. The number of benzene rings is 1. The largest absolute Gasteiger partial charge is 0.453 e. The Bertz CT molecular complexity index is 1240. The first-order chi connectivity index (χ1) is 20.1. The van der Waals surface area contributed by atoms with Crippen LogP contribution in [0.4, 0.5) is 15.0 Å². The summed E-state index contributed by atoms with van der Waals surface area (Å²) in [6.07, 6.45) is 3.91. The number of methoxy groups -OCH3 is 1. The topological polar surface area (TPSA) is 113 Å². The highest BCUT2D eigenvalue weighted by Crippen LogP contribution is 2.44. The monoisotopic (exact) mass is 585 g/mol. The number of hydrogen-bond acceptors (Lipinski definition) is 9. The van der Waals surface area contributed by atoms with Crippen LogP contribution in [-0.4, -0.2) is 95.4 Å². The third kappa shape index (κ3) is 7.08. The van der Waals surface area contributed by atoms with E-state index in [1.54, 1.807) is 4.90 Å². The van der Waals surface area contributed by atoms with Crippen LogP contribution in [0.5, 0.6) is 11.6 Å². The molecule has 2 amide bonds. The molecule has 1 aromatic heterocycles. The van der Waals surface area contributed by atoms with Crippen molar-refractivity contribution < 1.29 is 23.5 Å². The highest BCUT2D eigenvalue weighted by molar-refractivity contribution is 5.97. The summed E-state index contributed by atoms with van der Waals surface area (Å²) in [5.74, 6) is 0.644. The molecule has 1 atom stereocenters. The number of carbonyl (C=O) groups is 2. The first kappa shape index (κ1) is 31.4. The number of nitrogens with zero attached hydrogens (tertiary/aromatic N) is 6. The molecule has 230 valence electrons. The normalized spacial score (nSPS) is 16.9. The molecule has 2 aliphatic rings. The van der Waals surface area contributed by atoms with Crippen molar-refractivity contribution in [1.29, 1.82) is 0 Å². The SMILES string of the molecule is CCN(C(=O)c1cc(F)ccc1Oc1nncnc1N1CCC2(C1)CN([C@H](CCCNC(=O)OC)C(C)C)C2)C(C)C. The van der Waals surface area contributed by atoms with Gasteiger partial charge in [-0.2, -0.15) is 0 Å². The van der Waals surface area contributed by atoms with Crippen molar-refractivity contribution in [3.8, 4) is 11.6 Å². The van der Waals surface area contributed by atoms with E-state index < -0.39 is 11.9 Å². The van der Waals surface area contributed by atoms with Crippen LogP contribution in [0.1, 0.15) is 64.2 Å². The molecule has 12 heteroatoms. The van der Waals surface area contributed by atoms with Crippen molar-refractivity contribution in [2.75, 3.05) is 51.3 Å². The predicted octanol–water partition coefficient (Wildman–Crippen LogP) is 4.35. The molecular weight excluding hydrogens is 541 g/mol. The van der Waals surface area contributed by atoms with E-state index in [0.29, 0.717) is 30.9 Å². The van der Waals surface area contributed by atoms with Gasteiger partial charge in [-0.05, 0) is 64.2 Å². The molecule has 0 saturated carbocycles. The average Bonchev–Trinajstić information content (AvgIpc) is 3.39. The molecule has 0 bridgehead atoms. The van der Waals surface area contributed by atoms with E-state index in [1.807, 2.05) is 20.8 Å². The van der Waals surface area contributed by atoms with Gasteiger partial charge < -0.3 is 24.6 Å². The van der Waals surface area contributed by atoms with Gasteiger partial charge in [0.05, 0.1) is 12.7 Å². The molecule has 3 heterocycles. The number of rotatable bonds is 12. The van der Waals surface area contributed by atoms with Gasteiger partial charge in [0.2, 0.25) is 0 Å². The van der Waals surface area contributed by atoms with Gasteiger partial charge in [-0.1, -0.05) is 13.8 Å². The first-order valence-corrected chi connectivity index (χ1v) is 14.8. The van der Waals surface area contributed by atoms with Gasteiger partial charge in [-0.25, -0.2) is 14.2 Å². The summed E-state index contributed by atoms with van der Waals surface area (Å²) in [7, 11) is 1.37. The van der Waals surface area contributed by atoms with Gasteiger partial charge in [-0.3, -0.25) is 9.69 Å². The number of nitrogens with one attached hydrogen (secondary N) is 1. The molecule has 2 fully saturated rings. The third-order valence-electron chi connectivity index (χ3n) is 8.36. The Morgan fingerprint density at radius 3 is 2.62 bits per heavy atom. The Morgan fingerprint density at radius 2 is 1.95 bits per heavy atom. The maximum atomic E-state index is 14.2. The van der Waals surface area contributed by atoms with Crippen molar-refractivity contribution >= 4 is 17.8 Å². The zero-order valence-corrected chi connectivity index (χ0v) is 25.6. The number of anilines is 1. The number of alkyl carbamates (subject to hydrolysis) is 1. The van der Waals surface area contributed by atoms with Crippen molar-refractivity contribution in [2.45, 2.75) is 66.0 Å². The Hall–Kier alpha value is -3.54. The van der Waals surface area contributed by atoms with Gasteiger partial charge in [-0.15, -0.1) is 10.2 Å². The summed E-state index contributed by atoms with van der Waals surface area (Å²) in [4.78, 5) is 35.5. The molecule has 0 aliphatic carbocycles. The first-order valence-electron chi connectivity index (χ1n) is 14.8. The van der Waals surface area contributed by atoms with Gasteiger partial charge in [0, 0.05) is 56.8 Å². The number of likely N-dealkylation sites (tertiary alicyclic amines) is 1. The van der Waals surface area contributed by atoms with E-state index in [4.69, 9.17) is 4.74 Å². The van der Waals surface area contributed by atoms with Crippen molar-refractivity contribution in [3.63, 3.8) is 0 Å². The second kappa shape index (κ2) is 13.6. The summed E-state index contributed by atoms with van der Waals surface area (Å²) in [5.41, 5.74) is 0.284. The van der Waals surface area contributed by atoms with Gasteiger partial charge in [0.1, 0.15) is 17.9 Å².